The minimum Gasteiger partial charge on any atom is -0.398 e. The third kappa shape index (κ3) is 2.47. The zero-order valence-electron chi connectivity index (χ0n) is 9.07. The van der Waals surface area contributed by atoms with Gasteiger partial charge in [-0.1, -0.05) is 12.5 Å². The second-order valence-corrected chi connectivity index (χ2v) is 5.57. The van der Waals surface area contributed by atoms with Crippen molar-refractivity contribution in [2.75, 3.05) is 5.73 Å². The van der Waals surface area contributed by atoms with Gasteiger partial charge < -0.3 is 11.5 Å². The van der Waals surface area contributed by atoms with Crippen LogP contribution in [0.5, 0.6) is 0 Å². The first kappa shape index (κ1) is 10.8. The minimum atomic E-state index is 0.343. The quantitative estimate of drug-likeness (QED) is 0.756. The van der Waals surface area contributed by atoms with E-state index < -0.39 is 0 Å². The van der Waals surface area contributed by atoms with E-state index in [0.29, 0.717) is 11.3 Å². The van der Waals surface area contributed by atoms with E-state index in [1.165, 1.54) is 23.3 Å². The molecule has 0 amide bonds. The first-order chi connectivity index (χ1) is 7.16. The fourth-order valence-corrected chi connectivity index (χ4v) is 3.30. The molecule has 1 aliphatic rings. The van der Waals surface area contributed by atoms with Crippen LogP contribution >= 0.6 is 11.8 Å². The van der Waals surface area contributed by atoms with E-state index in [0.717, 1.165) is 12.1 Å². The lowest BCUT2D eigenvalue weighted by molar-refractivity contribution is 0.716. The van der Waals surface area contributed by atoms with Gasteiger partial charge in [0, 0.05) is 21.9 Å². The number of thioether (sulfide) groups is 1. The van der Waals surface area contributed by atoms with Crippen molar-refractivity contribution in [1.82, 2.24) is 0 Å². The summed E-state index contributed by atoms with van der Waals surface area (Å²) in [4.78, 5) is 1.18. The Morgan fingerprint density at radius 2 is 2.13 bits per heavy atom. The molecule has 1 fully saturated rings. The molecule has 2 rings (SSSR count). The number of benzene rings is 1. The Morgan fingerprint density at radius 3 is 2.73 bits per heavy atom. The van der Waals surface area contributed by atoms with E-state index >= 15 is 0 Å². The maximum Gasteiger partial charge on any atom is 0.0454 e. The minimum absolute atomic E-state index is 0.343. The van der Waals surface area contributed by atoms with Crippen LogP contribution in [0.2, 0.25) is 0 Å². The topological polar surface area (TPSA) is 52.0 Å². The van der Waals surface area contributed by atoms with Crippen LogP contribution in [0.3, 0.4) is 0 Å². The molecule has 1 aromatic rings. The summed E-state index contributed by atoms with van der Waals surface area (Å²) < 4.78 is 0. The van der Waals surface area contributed by atoms with Gasteiger partial charge in [0.2, 0.25) is 0 Å². The zero-order valence-corrected chi connectivity index (χ0v) is 9.89. The lowest BCUT2D eigenvalue weighted by Gasteiger charge is -2.16. The number of hydrogen-bond donors (Lipinski definition) is 2. The molecular formula is C12H18N2S. The van der Waals surface area contributed by atoms with Gasteiger partial charge in [-0.2, -0.15) is 0 Å². The Kier molecular flexibility index (Phi) is 3.22. The highest BCUT2D eigenvalue weighted by molar-refractivity contribution is 8.00. The second kappa shape index (κ2) is 4.45. The molecule has 1 aliphatic carbocycles. The van der Waals surface area contributed by atoms with E-state index in [2.05, 4.69) is 19.1 Å². The number of aryl methyl sites for hydroxylation is 1. The number of nitrogen functional groups attached to an aromatic ring is 1. The number of anilines is 1. The van der Waals surface area contributed by atoms with Gasteiger partial charge in [0.05, 0.1) is 0 Å². The highest BCUT2D eigenvalue weighted by Crippen LogP contribution is 2.36. The third-order valence-electron chi connectivity index (χ3n) is 2.95. The Morgan fingerprint density at radius 1 is 1.33 bits per heavy atom. The van der Waals surface area contributed by atoms with E-state index in [4.69, 9.17) is 11.5 Å². The maximum atomic E-state index is 6.05. The first-order valence-electron chi connectivity index (χ1n) is 5.45. The van der Waals surface area contributed by atoms with Crippen LogP contribution in [-0.4, -0.2) is 11.3 Å². The summed E-state index contributed by atoms with van der Waals surface area (Å²) in [7, 11) is 0. The molecule has 0 radical (unpaired) electrons. The molecule has 0 aromatic heterocycles. The molecule has 1 saturated carbocycles. The predicted molar refractivity (Wildman–Crippen MR) is 67.1 cm³/mol. The molecular weight excluding hydrogens is 204 g/mol. The monoisotopic (exact) mass is 222 g/mol. The van der Waals surface area contributed by atoms with E-state index in [9.17, 15) is 0 Å². The molecule has 1 aromatic carbocycles. The summed E-state index contributed by atoms with van der Waals surface area (Å²) in [5.74, 6) is 0. The lowest BCUT2D eigenvalue weighted by atomic mass is 10.2. The van der Waals surface area contributed by atoms with Crippen molar-refractivity contribution in [1.29, 1.82) is 0 Å². The molecule has 0 saturated heterocycles. The molecule has 0 aliphatic heterocycles. The van der Waals surface area contributed by atoms with Crippen LogP contribution in [0, 0.1) is 6.92 Å². The van der Waals surface area contributed by atoms with Gasteiger partial charge in [-0.3, -0.25) is 0 Å². The Bertz CT molecular complexity index is 351. The third-order valence-corrected chi connectivity index (χ3v) is 4.46. The van der Waals surface area contributed by atoms with Gasteiger partial charge >= 0.3 is 0 Å². The molecule has 3 heteroatoms. The molecule has 0 heterocycles. The highest BCUT2D eigenvalue weighted by Gasteiger charge is 2.25. The summed E-state index contributed by atoms with van der Waals surface area (Å²) in [5, 5.41) is 0.551. The second-order valence-electron chi connectivity index (χ2n) is 4.29. The smallest absolute Gasteiger partial charge is 0.0454 e. The summed E-state index contributed by atoms with van der Waals surface area (Å²) in [6.45, 7) is 2.06. The fourth-order valence-electron chi connectivity index (χ4n) is 2.04. The van der Waals surface area contributed by atoms with Gasteiger partial charge in [0.25, 0.3) is 0 Å². The molecule has 15 heavy (non-hydrogen) atoms. The van der Waals surface area contributed by atoms with Crippen LogP contribution in [-0.2, 0) is 0 Å². The van der Waals surface area contributed by atoms with Crippen molar-refractivity contribution in [3.05, 3.63) is 23.8 Å². The van der Waals surface area contributed by atoms with Crippen LogP contribution in [0.1, 0.15) is 24.8 Å². The van der Waals surface area contributed by atoms with Crippen molar-refractivity contribution in [2.45, 2.75) is 42.4 Å². The van der Waals surface area contributed by atoms with Crippen molar-refractivity contribution in [2.24, 2.45) is 5.73 Å². The van der Waals surface area contributed by atoms with E-state index in [-0.39, 0.29) is 0 Å². The van der Waals surface area contributed by atoms with Crippen LogP contribution in [0.15, 0.2) is 23.1 Å². The Labute approximate surface area is 95.4 Å². The largest absolute Gasteiger partial charge is 0.398 e. The standard InChI is InChI=1S/C12H18N2S/c1-8-5-6-12(10(14)7-8)15-11-4-2-3-9(11)13/h5-7,9,11H,2-4,13-14H2,1H3. The van der Waals surface area contributed by atoms with Gasteiger partial charge in [-0.05, 0) is 37.5 Å². The van der Waals surface area contributed by atoms with Gasteiger partial charge in [-0.15, -0.1) is 11.8 Å². The van der Waals surface area contributed by atoms with Gasteiger partial charge in [-0.25, -0.2) is 0 Å². The summed E-state index contributed by atoms with van der Waals surface area (Å²) in [6, 6.07) is 6.60. The maximum absolute atomic E-state index is 6.05. The van der Waals surface area contributed by atoms with Crippen molar-refractivity contribution < 1.29 is 0 Å². The van der Waals surface area contributed by atoms with Crippen molar-refractivity contribution >= 4 is 17.4 Å². The average Bonchev–Trinajstić information content (AvgIpc) is 2.57. The van der Waals surface area contributed by atoms with E-state index in [1.54, 1.807) is 0 Å². The molecule has 2 atom stereocenters. The van der Waals surface area contributed by atoms with Gasteiger partial charge in [0.15, 0.2) is 0 Å². The number of nitrogens with two attached hydrogens (primary N) is 2. The van der Waals surface area contributed by atoms with Gasteiger partial charge in [0.1, 0.15) is 0 Å². The molecule has 2 nitrogen and oxygen atoms in total. The average molecular weight is 222 g/mol. The first-order valence-corrected chi connectivity index (χ1v) is 6.33. The summed E-state index contributed by atoms with van der Waals surface area (Å²) >= 11 is 1.84. The summed E-state index contributed by atoms with van der Waals surface area (Å²) in [6.07, 6.45) is 3.63. The molecule has 0 bridgehead atoms. The molecule has 0 spiro atoms. The summed E-state index contributed by atoms with van der Waals surface area (Å²) in [5.41, 5.74) is 14.1. The normalized spacial score (nSPS) is 25.7. The molecule has 4 N–H and O–H groups in total. The number of hydrogen-bond acceptors (Lipinski definition) is 3. The van der Waals surface area contributed by atoms with Crippen LogP contribution < -0.4 is 11.5 Å². The zero-order chi connectivity index (χ0) is 10.8. The van der Waals surface area contributed by atoms with Crippen LogP contribution in [0.4, 0.5) is 5.69 Å². The Balaban J connectivity index is 2.10. The molecule has 82 valence electrons. The van der Waals surface area contributed by atoms with Crippen molar-refractivity contribution in [3.8, 4) is 0 Å². The SMILES string of the molecule is Cc1ccc(SC2CCCC2N)c(N)c1. The van der Waals surface area contributed by atoms with E-state index in [1.807, 2.05) is 17.8 Å². The number of rotatable bonds is 2. The predicted octanol–water partition coefficient (Wildman–Crippen LogP) is 2.55. The highest BCUT2D eigenvalue weighted by atomic mass is 32.2. The van der Waals surface area contributed by atoms with Crippen molar-refractivity contribution in [3.63, 3.8) is 0 Å². The Hall–Kier alpha value is -0.670. The lowest BCUT2D eigenvalue weighted by Crippen LogP contribution is -2.26. The fraction of sp³-hybridized carbons (Fsp3) is 0.500. The van der Waals surface area contributed by atoms with Crippen LogP contribution in [0.25, 0.3) is 0 Å². The molecule has 2 unspecified atom stereocenters.